The first-order chi connectivity index (χ1) is 6.11. The van der Waals surface area contributed by atoms with E-state index in [4.69, 9.17) is 9.52 Å². The minimum atomic E-state index is -1.01. The van der Waals surface area contributed by atoms with E-state index in [-0.39, 0.29) is 11.1 Å². The van der Waals surface area contributed by atoms with Gasteiger partial charge in [0.2, 0.25) is 0 Å². The van der Waals surface area contributed by atoms with Crippen molar-refractivity contribution in [3.8, 4) is 0 Å². The molecule has 1 N–H and O–H groups in total. The lowest BCUT2D eigenvalue weighted by atomic mass is 10.0. The second kappa shape index (κ2) is 2.58. The van der Waals surface area contributed by atoms with Crippen LogP contribution >= 0.6 is 0 Å². The summed E-state index contributed by atoms with van der Waals surface area (Å²) in [4.78, 5) is 14.3. The van der Waals surface area contributed by atoms with Gasteiger partial charge in [-0.05, 0) is 18.3 Å². The number of aromatic nitrogens is 1. The van der Waals surface area contributed by atoms with Gasteiger partial charge in [0.05, 0.1) is 0 Å². The average molecular weight is 181 g/mol. The summed E-state index contributed by atoms with van der Waals surface area (Å²) in [7, 11) is 0. The Morgan fingerprint density at radius 3 is 3.00 bits per heavy atom. The number of hydrogen-bond donors (Lipinski definition) is 1. The molecule has 1 heterocycles. The largest absolute Gasteiger partial charge is 0.476 e. The number of oxazole rings is 1. The fourth-order valence-corrected chi connectivity index (χ4v) is 1.35. The van der Waals surface area contributed by atoms with E-state index in [1.165, 1.54) is 6.39 Å². The first-order valence-electron chi connectivity index (χ1n) is 4.26. The zero-order valence-electron chi connectivity index (χ0n) is 7.41. The highest BCUT2D eigenvalue weighted by Crippen LogP contribution is 2.47. The van der Waals surface area contributed by atoms with Gasteiger partial charge in [0.15, 0.2) is 12.1 Å². The van der Waals surface area contributed by atoms with E-state index in [9.17, 15) is 4.79 Å². The molecule has 0 bridgehead atoms. The van der Waals surface area contributed by atoms with E-state index in [0.29, 0.717) is 12.2 Å². The molecule has 1 aromatic heterocycles. The van der Waals surface area contributed by atoms with Crippen molar-refractivity contribution < 1.29 is 14.3 Å². The summed E-state index contributed by atoms with van der Waals surface area (Å²) in [5.74, 6) is -0.500. The molecule has 0 saturated heterocycles. The molecule has 4 heteroatoms. The van der Waals surface area contributed by atoms with Gasteiger partial charge in [-0.3, -0.25) is 0 Å². The highest BCUT2D eigenvalue weighted by atomic mass is 16.4. The number of aromatic carboxylic acids is 1. The van der Waals surface area contributed by atoms with Crippen molar-refractivity contribution in [3.63, 3.8) is 0 Å². The molecule has 1 saturated carbocycles. The van der Waals surface area contributed by atoms with Gasteiger partial charge in [-0.25, -0.2) is 9.78 Å². The van der Waals surface area contributed by atoms with E-state index >= 15 is 0 Å². The maximum absolute atomic E-state index is 10.7. The molecule has 13 heavy (non-hydrogen) atoms. The second-order valence-electron chi connectivity index (χ2n) is 3.92. The number of rotatable bonds is 3. The van der Waals surface area contributed by atoms with E-state index in [0.717, 1.165) is 12.8 Å². The molecular weight excluding hydrogens is 170 g/mol. The second-order valence-corrected chi connectivity index (χ2v) is 3.92. The third-order valence-electron chi connectivity index (χ3n) is 2.53. The predicted molar refractivity (Wildman–Crippen MR) is 44.5 cm³/mol. The van der Waals surface area contributed by atoms with Crippen LogP contribution in [0.1, 0.15) is 36.0 Å². The Morgan fingerprint density at radius 2 is 2.46 bits per heavy atom. The Kier molecular flexibility index (Phi) is 1.65. The molecule has 2 rings (SSSR count). The summed E-state index contributed by atoms with van der Waals surface area (Å²) < 4.78 is 5.05. The van der Waals surface area contributed by atoms with Crippen molar-refractivity contribution in [3.05, 3.63) is 17.8 Å². The van der Waals surface area contributed by atoms with Gasteiger partial charge in [0, 0.05) is 6.42 Å². The third-order valence-corrected chi connectivity index (χ3v) is 2.53. The average Bonchev–Trinajstić information content (AvgIpc) is 2.63. The molecule has 0 amide bonds. The first kappa shape index (κ1) is 8.29. The standard InChI is InChI=1S/C9H11NO3/c1-9(2-3-9)4-6-7(8(11)12)10-5-13-6/h5H,2-4H2,1H3,(H,11,12). The Hall–Kier alpha value is -1.32. The van der Waals surface area contributed by atoms with Gasteiger partial charge in [-0.1, -0.05) is 6.92 Å². The van der Waals surface area contributed by atoms with Crippen molar-refractivity contribution in [1.29, 1.82) is 0 Å². The molecule has 1 aromatic rings. The van der Waals surface area contributed by atoms with Crippen molar-refractivity contribution in [2.45, 2.75) is 26.2 Å². The SMILES string of the molecule is CC1(Cc2ocnc2C(=O)O)CC1. The maximum atomic E-state index is 10.7. The lowest BCUT2D eigenvalue weighted by Gasteiger charge is -2.03. The molecular formula is C9H11NO3. The summed E-state index contributed by atoms with van der Waals surface area (Å²) in [6.45, 7) is 2.13. The molecule has 1 fully saturated rings. The zero-order valence-corrected chi connectivity index (χ0v) is 7.41. The van der Waals surface area contributed by atoms with E-state index in [1.807, 2.05) is 0 Å². The highest BCUT2D eigenvalue weighted by molar-refractivity contribution is 5.86. The molecule has 0 aromatic carbocycles. The molecule has 0 spiro atoms. The van der Waals surface area contributed by atoms with Gasteiger partial charge in [0.1, 0.15) is 5.76 Å². The Morgan fingerprint density at radius 1 is 1.77 bits per heavy atom. The van der Waals surface area contributed by atoms with Gasteiger partial charge in [0.25, 0.3) is 0 Å². The molecule has 1 aliphatic rings. The lowest BCUT2D eigenvalue weighted by Crippen LogP contribution is -2.05. The van der Waals surface area contributed by atoms with Gasteiger partial charge < -0.3 is 9.52 Å². The first-order valence-corrected chi connectivity index (χ1v) is 4.26. The van der Waals surface area contributed by atoms with Gasteiger partial charge in [-0.15, -0.1) is 0 Å². The number of carboxylic acid groups (broad SMARTS) is 1. The van der Waals surface area contributed by atoms with Crippen molar-refractivity contribution >= 4 is 5.97 Å². The summed E-state index contributed by atoms with van der Waals surface area (Å²) in [6.07, 6.45) is 4.18. The smallest absolute Gasteiger partial charge is 0.358 e. The third kappa shape index (κ3) is 1.56. The molecule has 0 radical (unpaired) electrons. The molecule has 4 nitrogen and oxygen atoms in total. The fraction of sp³-hybridized carbons (Fsp3) is 0.556. The van der Waals surface area contributed by atoms with E-state index in [2.05, 4.69) is 11.9 Å². The van der Waals surface area contributed by atoms with Crippen LogP contribution in [0.5, 0.6) is 0 Å². The number of nitrogens with zero attached hydrogens (tertiary/aromatic N) is 1. The van der Waals surface area contributed by atoms with E-state index in [1.54, 1.807) is 0 Å². The van der Waals surface area contributed by atoms with Crippen LogP contribution in [0, 0.1) is 5.41 Å². The van der Waals surface area contributed by atoms with Crippen LogP contribution in [0.2, 0.25) is 0 Å². The minimum Gasteiger partial charge on any atom is -0.476 e. The summed E-state index contributed by atoms with van der Waals surface area (Å²) in [5, 5.41) is 8.75. The number of hydrogen-bond acceptors (Lipinski definition) is 3. The Balaban J connectivity index is 2.19. The topological polar surface area (TPSA) is 63.3 Å². The normalized spacial score (nSPS) is 18.5. The van der Waals surface area contributed by atoms with Crippen molar-refractivity contribution in [2.24, 2.45) is 5.41 Å². The molecule has 70 valence electrons. The van der Waals surface area contributed by atoms with Crippen LogP contribution in [0.4, 0.5) is 0 Å². The summed E-state index contributed by atoms with van der Waals surface area (Å²) in [6, 6.07) is 0. The monoisotopic (exact) mass is 181 g/mol. The Labute approximate surface area is 75.6 Å². The van der Waals surface area contributed by atoms with Crippen LogP contribution in [-0.2, 0) is 6.42 Å². The molecule has 0 atom stereocenters. The van der Waals surface area contributed by atoms with Crippen molar-refractivity contribution in [2.75, 3.05) is 0 Å². The number of carboxylic acids is 1. The molecule has 0 aliphatic heterocycles. The van der Waals surface area contributed by atoms with Crippen LogP contribution < -0.4 is 0 Å². The van der Waals surface area contributed by atoms with Crippen LogP contribution in [0.15, 0.2) is 10.8 Å². The zero-order chi connectivity index (χ0) is 9.47. The Bertz CT molecular complexity index is 338. The van der Waals surface area contributed by atoms with E-state index < -0.39 is 5.97 Å². The predicted octanol–water partition coefficient (Wildman–Crippen LogP) is 1.72. The molecule has 1 aliphatic carbocycles. The maximum Gasteiger partial charge on any atom is 0.358 e. The van der Waals surface area contributed by atoms with Crippen LogP contribution in [0.3, 0.4) is 0 Å². The highest BCUT2D eigenvalue weighted by Gasteiger charge is 2.39. The lowest BCUT2D eigenvalue weighted by molar-refractivity contribution is 0.0688. The number of carbonyl (C=O) groups is 1. The van der Waals surface area contributed by atoms with Gasteiger partial charge >= 0.3 is 5.97 Å². The summed E-state index contributed by atoms with van der Waals surface area (Å²) in [5.41, 5.74) is 0.317. The minimum absolute atomic E-state index is 0.0631. The van der Waals surface area contributed by atoms with Crippen LogP contribution in [0.25, 0.3) is 0 Å². The quantitative estimate of drug-likeness (QED) is 0.771. The van der Waals surface area contributed by atoms with Crippen LogP contribution in [-0.4, -0.2) is 16.1 Å². The van der Waals surface area contributed by atoms with Gasteiger partial charge in [-0.2, -0.15) is 0 Å². The fourth-order valence-electron chi connectivity index (χ4n) is 1.35. The van der Waals surface area contributed by atoms with Crippen molar-refractivity contribution in [1.82, 2.24) is 4.98 Å². The summed E-state index contributed by atoms with van der Waals surface area (Å²) >= 11 is 0. The molecule has 0 unspecified atom stereocenters.